The molecule has 0 aliphatic rings. The number of carbonyl (C=O) groups excluding carboxylic acids is 1. The normalized spacial score (nSPS) is 15.5. The quantitative estimate of drug-likeness (QED) is 0.742. The van der Waals surface area contributed by atoms with Gasteiger partial charge in [0.05, 0.1) is 0 Å². The van der Waals surface area contributed by atoms with Crippen molar-refractivity contribution < 1.29 is 32.6 Å². The van der Waals surface area contributed by atoms with Crippen LogP contribution in [0.15, 0.2) is 0 Å². The number of carboxylic acids is 1. The van der Waals surface area contributed by atoms with E-state index in [9.17, 15) is 22.8 Å². The van der Waals surface area contributed by atoms with Crippen molar-refractivity contribution in [3.63, 3.8) is 0 Å². The minimum absolute atomic E-state index is 0.505. The molecule has 0 heterocycles. The molecule has 0 aromatic rings. The fourth-order valence-corrected chi connectivity index (χ4v) is 0.747. The summed E-state index contributed by atoms with van der Waals surface area (Å²) in [6, 6.07) is 0. The van der Waals surface area contributed by atoms with Gasteiger partial charge in [-0.05, 0) is 13.3 Å². The van der Waals surface area contributed by atoms with Crippen molar-refractivity contribution >= 4 is 11.9 Å². The van der Waals surface area contributed by atoms with Gasteiger partial charge in [0, 0.05) is 0 Å². The van der Waals surface area contributed by atoms with E-state index in [2.05, 4.69) is 4.74 Å². The Bertz CT molecular complexity index is 261. The molecule has 0 aromatic heterocycles. The molecule has 0 saturated heterocycles. The number of ether oxygens (including phenoxy) is 1. The molecule has 0 spiro atoms. The number of alkyl halides is 3. The smallest absolute Gasteiger partial charge is 0.404 e. The predicted octanol–water partition coefficient (Wildman–Crippen LogP) is 1.59. The summed E-state index contributed by atoms with van der Waals surface area (Å²) in [4.78, 5) is 21.1. The lowest BCUT2D eigenvalue weighted by molar-refractivity contribution is -0.231. The van der Waals surface area contributed by atoms with E-state index in [0.717, 1.165) is 0 Å². The van der Waals surface area contributed by atoms with Gasteiger partial charge in [-0.3, -0.25) is 4.79 Å². The minimum atomic E-state index is -4.75. The molecule has 7 heteroatoms. The summed E-state index contributed by atoms with van der Waals surface area (Å²) in [6.45, 7) is 0.789. The Labute approximate surface area is 84.0 Å². The van der Waals surface area contributed by atoms with Gasteiger partial charge in [-0.2, -0.15) is 13.2 Å². The fraction of sp³-hybridized carbons (Fsp3) is 0.750. The molecule has 1 atom stereocenters. The molecule has 0 saturated carbocycles. The van der Waals surface area contributed by atoms with Crippen molar-refractivity contribution in [1.82, 2.24) is 0 Å². The summed E-state index contributed by atoms with van der Waals surface area (Å²) in [7, 11) is 0. The van der Waals surface area contributed by atoms with Crippen LogP contribution in [0.25, 0.3) is 0 Å². The van der Waals surface area contributed by atoms with Crippen LogP contribution in [-0.2, 0) is 14.3 Å². The topological polar surface area (TPSA) is 63.6 Å². The van der Waals surface area contributed by atoms with E-state index in [1.54, 1.807) is 0 Å². The molecule has 15 heavy (non-hydrogen) atoms. The Hall–Kier alpha value is -1.27. The number of hydrogen-bond donors (Lipinski definition) is 1. The molecule has 0 rings (SSSR count). The predicted molar refractivity (Wildman–Crippen MR) is 43.0 cm³/mol. The van der Waals surface area contributed by atoms with Crippen molar-refractivity contribution in [3.05, 3.63) is 0 Å². The molecule has 0 aromatic carbocycles. The van der Waals surface area contributed by atoms with Crippen LogP contribution in [0, 0.1) is 5.41 Å². The van der Waals surface area contributed by atoms with E-state index in [4.69, 9.17) is 5.11 Å². The molecular weight excluding hydrogens is 217 g/mol. The molecule has 0 radical (unpaired) electrons. The highest BCUT2D eigenvalue weighted by Crippen LogP contribution is 2.41. The molecule has 0 aliphatic carbocycles. The molecule has 0 fully saturated rings. The molecule has 0 aliphatic heterocycles. The lowest BCUT2D eigenvalue weighted by atomic mass is 9.87. The molecular formula is C8H11F3O4. The third-order valence-corrected chi connectivity index (χ3v) is 2.11. The summed E-state index contributed by atoms with van der Waals surface area (Å²) >= 11 is 0. The van der Waals surface area contributed by atoms with Crippen LogP contribution in [0.3, 0.4) is 0 Å². The summed E-state index contributed by atoms with van der Waals surface area (Å²) < 4.78 is 41.3. The third kappa shape index (κ3) is 3.10. The van der Waals surface area contributed by atoms with E-state index >= 15 is 0 Å². The maximum atomic E-state index is 12.4. The first-order valence-corrected chi connectivity index (χ1v) is 4.11. The Morgan fingerprint density at radius 2 is 1.80 bits per heavy atom. The van der Waals surface area contributed by atoms with Gasteiger partial charge in [-0.25, -0.2) is 4.79 Å². The highest BCUT2D eigenvalue weighted by Gasteiger charge is 2.56. The van der Waals surface area contributed by atoms with Crippen LogP contribution in [0.1, 0.15) is 20.3 Å². The van der Waals surface area contributed by atoms with Crippen LogP contribution in [0.2, 0.25) is 0 Å². The third-order valence-electron chi connectivity index (χ3n) is 2.11. The van der Waals surface area contributed by atoms with Crippen LogP contribution >= 0.6 is 0 Å². The van der Waals surface area contributed by atoms with Crippen molar-refractivity contribution in [3.8, 4) is 0 Å². The zero-order valence-electron chi connectivity index (χ0n) is 8.22. The summed E-state index contributed by atoms with van der Waals surface area (Å²) in [5.74, 6) is -3.07. The number of hydrogen-bond acceptors (Lipinski definition) is 3. The zero-order valence-corrected chi connectivity index (χ0v) is 8.22. The van der Waals surface area contributed by atoms with E-state index in [-0.39, 0.29) is 0 Å². The average Bonchev–Trinajstić information content (AvgIpc) is 2.10. The number of carboxylic acid groups (broad SMARTS) is 1. The van der Waals surface area contributed by atoms with E-state index in [1.165, 1.54) is 6.92 Å². The first-order chi connectivity index (χ1) is 6.65. The second-order valence-electron chi connectivity index (χ2n) is 3.15. The fourth-order valence-electron chi connectivity index (χ4n) is 0.747. The largest absolute Gasteiger partial charge is 0.479 e. The van der Waals surface area contributed by atoms with Crippen molar-refractivity contribution in [1.29, 1.82) is 0 Å². The van der Waals surface area contributed by atoms with E-state index in [1.807, 2.05) is 0 Å². The highest BCUT2D eigenvalue weighted by atomic mass is 19.4. The van der Waals surface area contributed by atoms with E-state index < -0.39 is 36.6 Å². The minimum Gasteiger partial charge on any atom is -0.479 e. The Morgan fingerprint density at radius 1 is 1.33 bits per heavy atom. The average molecular weight is 228 g/mol. The first kappa shape index (κ1) is 13.7. The van der Waals surface area contributed by atoms with Crippen LogP contribution in [0.4, 0.5) is 13.2 Å². The van der Waals surface area contributed by atoms with Gasteiger partial charge in [0.15, 0.2) is 12.0 Å². The Morgan fingerprint density at radius 3 is 2.07 bits per heavy atom. The molecule has 0 amide bonds. The zero-order chi connectivity index (χ0) is 12.3. The SMILES string of the molecule is CCC(C)(C(=O)OCC(=O)O)C(F)(F)F. The van der Waals surface area contributed by atoms with Crippen molar-refractivity contribution in [2.24, 2.45) is 5.41 Å². The molecule has 0 bridgehead atoms. The van der Waals surface area contributed by atoms with Gasteiger partial charge in [0.25, 0.3) is 0 Å². The van der Waals surface area contributed by atoms with E-state index in [0.29, 0.717) is 6.92 Å². The molecule has 1 unspecified atom stereocenters. The number of aliphatic carboxylic acids is 1. The first-order valence-electron chi connectivity index (χ1n) is 4.11. The summed E-state index contributed by atoms with van der Waals surface area (Å²) in [5.41, 5.74) is -2.65. The standard InChI is InChI=1S/C8H11F3O4/c1-3-7(2,8(9,10)11)6(14)15-4-5(12)13/h3-4H2,1-2H3,(H,12,13). The van der Waals surface area contributed by atoms with Gasteiger partial charge < -0.3 is 9.84 Å². The Kier molecular flexibility index (Phi) is 4.12. The highest BCUT2D eigenvalue weighted by molar-refractivity contribution is 5.80. The van der Waals surface area contributed by atoms with Crippen molar-refractivity contribution in [2.75, 3.05) is 6.61 Å². The van der Waals surface area contributed by atoms with Gasteiger partial charge in [0.2, 0.25) is 0 Å². The second kappa shape index (κ2) is 4.50. The van der Waals surface area contributed by atoms with Crippen molar-refractivity contribution in [2.45, 2.75) is 26.4 Å². The molecule has 88 valence electrons. The monoisotopic (exact) mass is 228 g/mol. The summed E-state index contributed by atoms with van der Waals surface area (Å²) in [5, 5.41) is 8.15. The van der Waals surface area contributed by atoms with Crippen LogP contribution < -0.4 is 0 Å². The van der Waals surface area contributed by atoms with Crippen LogP contribution in [0.5, 0.6) is 0 Å². The number of halogens is 3. The lowest BCUT2D eigenvalue weighted by Crippen LogP contribution is -2.43. The number of rotatable bonds is 4. The van der Waals surface area contributed by atoms with Gasteiger partial charge in [-0.15, -0.1) is 0 Å². The maximum absolute atomic E-state index is 12.4. The van der Waals surface area contributed by atoms with Crippen LogP contribution in [-0.4, -0.2) is 29.8 Å². The Balaban J connectivity index is 4.67. The van der Waals surface area contributed by atoms with Gasteiger partial charge >= 0.3 is 18.1 Å². The number of esters is 1. The second-order valence-corrected chi connectivity index (χ2v) is 3.15. The van der Waals surface area contributed by atoms with Gasteiger partial charge in [-0.1, -0.05) is 6.92 Å². The number of carbonyl (C=O) groups is 2. The maximum Gasteiger partial charge on any atom is 0.404 e. The molecule has 4 nitrogen and oxygen atoms in total. The lowest BCUT2D eigenvalue weighted by Gasteiger charge is -2.27. The summed E-state index contributed by atoms with van der Waals surface area (Å²) in [6.07, 6.45) is -5.26. The van der Waals surface area contributed by atoms with Gasteiger partial charge in [0.1, 0.15) is 0 Å². The molecule has 1 N–H and O–H groups in total.